The lowest BCUT2D eigenvalue weighted by Crippen LogP contribution is -2.54. The molecule has 0 aromatic heterocycles. The molecule has 3 nitrogen and oxygen atoms in total. The minimum absolute atomic E-state index is 0.104. The first kappa shape index (κ1) is 20.8. The highest BCUT2D eigenvalue weighted by Crippen LogP contribution is 2.68. The molecule has 0 aliphatic heterocycles. The van der Waals surface area contributed by atoms with Crippen molar-refractivity contribution in [3.05, 3.63) is 4.91 Å². The molecule has 160 valence electrons. The van der Waals surface area contributed by atoms with Crippen molar-refractivity contribution < 1.29 is 4.74 Å². The van der Waals surface area contributed by atoms with Gasteiger partial charge in [-0.25, -0.2) is 0 Å². The van der Waals surface area contributed by atoms with Crippen molar-refractivity contribution in [1.82, 2.24) is 0 Å². The highest BCUT2D eigenvalue weighted by atomic mass is 16.5. The molecule has 4 aliphatic rings. The van der Waals surface area contributed by atoms with E-state index in [-0.39, 0.29) is 6.04 Å². The minimum Gasteiger partial charge on any atom is -0.385 e. The molecule has 4 fully saturated rings. The van der Waals surface area contributed by atoms with Crippen molar-refractivity contribution >= 4 is 0 Å². The summed E-state index contributed by atoms with van der Waals surface area (Å²) in [7, 11) is 1.83. The van der Waals surface area contributed by atoms with Crippen molar-refractivity contribution in [1.29, 1.82) is 0 Å². The Morgan fingerprint density at radius 3 is 2.50 bits per heavy atom. The molecular weight excluding hydrogens is 346 g/mol. The van der Waals surface area contributed by atoms with Crippen LogP contribution in [0.15, 0.2) is 5.18 Å². The van der Waals surface area contributed by atoms with Crippen LogP contribution in [-0.4, -0.2) is 19.8 Å². The Balaban J connectivity index is 1.48. The fraction of sp³-hybridized carbons (Fsp3) is 1.00. The highest BCUT2D eigenvalue weighted by molar-refractivity contribution is 5.10. The van der Waals surface area contributed by atoms with Gasteiger partial charge in [-0.3, -0.25) is 0 Å². The number of hydrogen-bond donors (Lipinski definition) is 0. The standard InChI is InChI=1S/C25H43NO2/c1-17(6-5-15-28-4)21-9-10-22-20-8-7-18-16-19(26-27)11-13-24(18,2)23(20)12-14-25(21,22)3/h17-23H,5-16H2,1-4H3/t17?,18-,19?,20?,21?,22?,23?,24+,25-/m1/s1. The lowest BCUT2D eigenvalue weighted by atomic mass is 9.44. The summed E-state index contributed by atoms with van der Waals surface area (Å²) in [5.41, 5.74) is 1.05. The molecule has 0 radical (unpaired) electrons. The fourth-order valence-electron chi connectivity index (χ4n) is 9.06. The second-order valence-corrected chi connectivity index (χ2v) is 11.5. The SMILES string of the molecule is COCCCC(C)C1CCC2C3CC[C@@H]4CC(N=O)CC[C@]4(C)C3CC[C@]12C. The predicted octanol–water partition coefficient (Wildman–Crippen LogP) is 6.84. The van der Waals surface area contributed by atoms with E-state index in [2.05, 4.69) is 25.9 Å². The number of ether oxygens (including phenoxy) is 1. The normalized spacial score (nSPS) is 49.0. The van der Waals surface area contributed by atoms with Gasteiger partial charge in [-0.05, 0) is 117 Å². The number of hydrogen-bond acceptors (Lipinski definition) is 3. The summed E-state index contributed by atoms with van der Waals surface area (Å²) in [6.07, 6.45) is 14.5. The third-order valence-electron chi connectivity index (χ3n) is 10.6. The average Bonchev–Trinajstić information content (AvgIpc) is 3.04. The molecule has 3 heteroatoms. The third kappa shape index (κ3) is 3.28. The maximum atomic E-state index is 11.1. The first-order chi connectivity index (χ1) is 13.4. The first-order valence-corrected chi connectivity index (χ1v) is 12.3. The van der Waals surface area contributed by atoms with Crippen LogP contribution >= 0.6 is 0 Å². The highest BCUT2D eigenvalue weighted by Gasteiger charge is 2.60. The third-order valence-corrected chi connectivity index (χ3v) is 10.6. The molecule has 0 heterocycles. The van der Waals surface area contributed by atoms with Crippen LogP contribution < -0.4 is 0 Å². The smallest absolute Gasteiger partial charge is 0.0922 e. The van der Waals surface area contributed by atoms with E-state index in [0.717, 1.165) is 55.0 Å². The largest absolute Gasteiger partial charge is 0.385 e. The van der Waals surface area contributed by atoms with Crippen LogP contribution in [0.5, 0.6) is 0 Å². The summed E-state index contributed by atoms with van der Waals surface area (Å²) >= 11 is 0. The molecule has 0 saturated heterocycles. The van der Waals surface area contributed by atoms with Crippen LogP contribution in [0, 0.1) is 51.2 Å². The molecule has 4 saturated carbocycles. The van der Waals surface area contributed by atoms with Crippen molar-refractivity contribution in [2.75, 3.05) is 13.7 Å². The van der Waals surface area contributed by atoms with Crippen molar-refractivity contribution in [3.63, 3.8) is 0 Å². The molecule has 9 atom stereocenters. The maximum Gasteiger partial charge on any atom is 0.0922 e. The van der Waals surface area contributed by atoms with Crippen LogP contribution in [0.1, 0.15) is 91.4 Å². The molecule has 4 aliphatic carbocycles. The number of methoxy groups -OCH3 is 1. The molecule has 0 aromatic rings. The molecule has 0 amide bonds. The van der Waals surface area contributed by atoms with Gasteiger partial charge in [-0.15, -0.1) is 0 Å². The Kier molecular flexibility index (Phi) is 5.95. The van der Waals surface area contributed by atoms with Gasteiger partial charge in [0.25, 0.3) is 0 Å². The first-order valence-electron chi connectivity index (χ1n) is 12.3. The van der Waals surface area contributed by atoms with Gasteiger partial charge in [-0.1, -0.05) is 25.9 Å². The Labute approximate surface area is 172 Å². The minimum atomic E-state index is 0.104. The molecule has 0 bridgehead atoms. The van der Waals surface area contributed by atoms with Gasteiger partial charge in [0.1, 0.15) is 0 Å². The van der Waals surface area contributed by atoms with Crippen LogP contribution in [0.25, 0.3) is 0 Å². The van der Waals surface area contributed by atoms with E-state index >= 15 is 0 Å². The molecule has 0 N–H and O–H groups in total. The zero-order chi connectivity index (χ0) is 19.9. The predicted molar refractivity (Wildman–Crippen MR) is 115 cm³/mol. The van der Waals surface area contributed by atoms with Gasteiger partial charge >= 0.3 is 0 Å². The maximum absolute atomic E-state index is 11.1. The molecule has 0 spiro atoms. The Morgan fingerprint density at radius 1 is 1.00 bits per heavy atom. The van der Waals surface area contributed by atoms with Gasteiger partial charge in [0, 0.05) is 13.7 Å². The summed E-state index contributed by atoms with van der Waals surface area (Å²) in [5, 5.41) is 3.44. The summed E-state index contributed by atoms with van der Waals surface area (Å²) in [4.78, 5) is 11.1. The van der Waals surface area contributed by atoms with Gasteiger partial charge in [0.05, 0.1) is 6.04 Å². The van der Waals surface area contributed by atoms with Gasteiger partial charge in [0.2, 0.25) is 0 Å². The van der Waals surface area contributed by atoms with Gasteiger partial charge in [-0.2, -0.15) is 4.91 Å². The zero-order valence-corrected chi connectivity index (χ0v) is 18.8. The van der Waals surface area contributed by atoms with Crippen LogP contribution in [0.3, 0.4) is 0 Å². The lowest BCUT2D eigenvalue weighted by Gasteiger charge is -2.61. The van der Waals surface area contributed by atoms with Crippen LogP contribution in [0.4, 0.5) is 0 Å². The number of nitroso groups, excluding NO2 is 1. The average molecular weight is 390 g/mol. The quantitative estimate of drug-likeness (QED) is 0.368. The second kappa shape index (κ2) is 8.00. The lowest BCUT2D eigenvalue weighted by molar-refractivity contribution is -0.116. The topological polar surface area (TPSA) is 38.7 Å². The molecule has 0 aromatic carbocycles. The van der Waals surface area contributed by atoms with E-state index in [0.29, 0.717) is 10.8 Å². The number of fused-ring (bicyclic) bond motifs is 5. The van der Waals surface area contributed by atoms with E-state index in [1.165, 1.54) is 57.8 Å². The summed E-state index contributed by atoms with van der Waals surface area (Å²) < 4.78 is 5.31. The van der Waals surface area contributed by atoms with E-state index in [4.69, 9.17) is 4.74 Å². The second-order valence-electron chi connectivity index (χ2n) is 11.5. The molecule has 6 unspecified atom stereocenters. The van der Waals surface area contributed by atoms with Crippen LogP contribution in [0.2, 0.25) is 0 Å². The Bertz CT molecular complexity index is 565. The van der Waals surface area contributed by atoms with Crippen LogP contribution in [-0.2, 0) is 4.74 Å². The fourth-order valence-corrected chi connectivity index (χ4v) is 9.06. The Morgan fingerprint density at radius 2 is 1.75 bits per heavy atom. The number of nitrogens with zero attached hydrogens (tertiary/aromatic N) is 1. The number of rotatable bonds is 6. The molecule has 4 rings (SSSR count). The Hall–Kier alpha value is -0.440. The van der Waals surface area contributed by atoms with E-state index < -0.39 is 0 Å². The van der Waals surface area contributed by atoms with E-state index in [1.54, 1.807) is 0 Å². The van der Waals surface area contributed by atoms with Gasteiger partial charge in [0.15, 0.2) is 0 Å². The summed E-state index contributed by atoms with van der Waals surface area (Å²) in [6.45, 7) is 8.70. The summed E-state index contributed by atoms with van der Waals surface area (Å²) in [6, 6.07) is 0.104. The van der Waals surface area contributed by atoms with Gasteiger partial charge < -0.3 is 4.74 Å². The van der Waals surface area contributed by atoms with E-state index in [9.17, 15) is 4.91 Å². The summed E-state index contributed by atoms with van der Waals surface area (Å²) in [5.74, 6) is 5.29. The van der Waals surface area contributed by atoms with Crippen molar-refractivity contribution in [3.8, 4) is 0 Å². The van der Waals surface area contributed by atoms with Crippen molar-refractivity contribution in [2.45, 2.75) is 97.4 Å². The zero-order valence-electron chi connectivity index (χ0n) is 18.8. The van der Waals surface area contributed by atoms with E-state index in [1.807, 2.05) is 7.11 Å². The monoisotopic (exact) mass is 389 g/mol. The van der Waals surface area contributed by atoms with Crippen molar-refractivity contribution in [2.24, 2.45) is 51.5 Å². The molecule has 28 heavy (non-hydrogen) atoms. The molecular formula is C25H43NO2.